The second kappa shape index (κ2) is 5.41. The minimum absolute atomic E-state index is 0.192. The number of nitrogens with zero attached hydrogens (tertiary/aromatic N) is 2. The van der Waals surface area contributed by atoms with E-state index in [9.17, 15) is 5.11 Å². The maximum Gasteiger partial charge on any atom is 0.0664 e. The highest BCUT2D eigenvalue weighted by Gasteiger charge is 2.29. The zero-order valence-electron chi connectivity index (χ0n) is 9.84. The second-order valence-electron chi connectivity index (χ2n) is 4.58. The van der Waals surface area contributed by atoms with E-state index < -0.39 is 0 Å². The summed E-state index contributed by atoms with van der Waals surface area (Å²) in [7, 11) is 0. The second-order valence-corrected chi connectivity index (χ2v) is 4.58. The van der Waals surface area contributed by atoms with E-state index in [-0.39, 0.29) is 6.10 Å². The van der Waals surface area contributed by atoms with Crippen LogP contribution in [0.3, 0.4) is 0 Å². The third-order valence-corrected chi connectivity index (χ3v) is 3.11. The van der Waals surface area contributed by atoms with E-state index in [2.05, 4.69) is 9.88 Å². The molecule has 1 N–H and O–H groups in total. The summed E-state index contributed by atoms with van der Waals surface area (Å²) in [5, 5.41) is 9.73. The fourth-order valence-corrected chi connectivity index (χ4v) is 1.90. The predicted octanol–water partition coefficient (Wildman–Crippen LogP) is 1.82. The van der Waals surface area contributed by atoms with Crippen molar-refractivity contribution in [3.8, 4) is 0 Å². The SMILES string of the molecule is CC[C@@H](O)CN(Cc1ccncc1)C1CC1. The summed E-state index contributed by atoms with van der Waals surface area (Å²) >= 11 is 0. The Kier molecular flexibility index (Phi) is 3.91. The fourth-order valence-electron chi connectivity index (χ4n) is 1.90. The molecule has 1 aliphatic carbocycles. The number of aromatic nitrogens is 1. The van der Waals surface area contributed by atoms with Gasteiger partial charge in [0.05, 0.1) is 6.10 Å². The Morgan fingerprint density at radius 3 is 2.69 bits per heavy atom. The summed E-state index contributed by atoms with van der Waals surface area (Å²) in [6, 6.07) is 4.79. The molecule has 1 saturated carbocycles. The third kappa shape index (κ3) is 3.29. The summed E-state index contributed by atoms with van der Waals surface area (Å²) < 4.78 is 0. The molecular formula is C13H20N2O. The van der Waals surface area contributed by atoms with Crippen molar-refractivity contribution in [2.75, 3.05) is 6.54 Å². The molecule has 1 atom stereocenters. The molecule has 0 bridgehead atoms. The average Bonchev–Trinajstić information content (AvgIpc) is 3.13. The Labute approximate surface area is 97.1 Å². The molecule has 3 nitrogen and oxygen atoms in total. The van der Waals surface area contributed by atoms with Gasteiger partial charge in [0.25, 0.3) is 0 Å². The van der Waals surface area contributed by atoms with Gasteiger partial charge in [-0.3, -0.25) is 9.88 Å². The largest absolute Gasteiger partial charge is 0.392 e. The number of aliphatic hydroxyl groups excluding tert-OH is 1. The van der Waals surface area contributed by atoms with E-state index in [1.54, 1.807) is 0 Å². The molecule has 0 saturated heterocycles. The van der Waals surface area contributed by atoms with E-state index in [0.29, 0.717) is 6.04 Å². The molecule has 16 heavy (non-hydrogen) atoms. The molecule has 0 aliphatic heterocycles. The van der Waals surface area contributed by atoms with E-state index in [1.165, 1.54) is 18.4 Å². The molecule has 1 heterocycles. The Morgan fingerprint density at radius 2 is 2.12 bits per heavy atom. The molecule has 1 aliphatic rings. The van der Waals surface area contributed by atoms with Crippen LogP contribution in [0, 0.1) is 0 Å². The summed E-state index contributed by atoms with van der Waals surface area (Å²) in [4.78, 5) is 6.41. The fraction of sp³-hybridized carbons (Fsp3) is 0.615. The van der Waals surface area contributed by atoms with Crippen LogP contribution >= 0.6 is 0 Å². The van der Waals surface area contributed by atoms with Crippen molar-refractivity contribution < 1.29 is 5.11 Å². The molecule has 1 aromatic heterocycles. The van der Waals surface area contributed by atoms with Crippen LogP contribution in [0.25, 0.3) is 0 Å². The van der Waals surface area contributed by atoms with Crippen molar-refractivity contribution in [1.29, 1.82) is 0 Å². The van der Waals surface area contributed by atoms with Crippen molar-refractivity contribution in [3.63, 3.8) is 0 Å². The number of aliphatic hydroxyl groups is 1. The molecule has 1 aromatic rings. The Bertz CT molecular complexity index is 311. The summed E-state index contributed by atoms with van der Waals surface area (Å²) in [5.41, 5.74) is 1.28. The Balaban J connectivity index is 1.92. The molecule has 1 fully saturated rings. The van der Waals surface area contributed by atoms with Crippen molar-refractivity contribution >= 4 is 0 Å². The lowest BCUT2D eigenvalue weighted by molar-refractivity contribution is 0.101. The van der Waals surface area contributed by atoms with Gasteiger partial charge in [-0.1, -0.05) is 6.92 Å². The van der Waals surface area contributed by atoms with Gasteiger partial charge in [-0.15, -0.1) is 0 Å². The van der Waals surface area contributed by atoms with Gasteiger partial charge in [0.2, 0.25) is 0 Å². The van der Waals surface area contributed by atoms with E-state index in [1.807, 2.05) is 31.5 Å². The van der Waals surface area contributed by atoms with E-state index in [0.717, 1.165) is 19.5 Å². The molecule has 0 radical (unpaired) electrons. The lowest BCUT2D eigenvalue weighted by Crippen LogP contribution is -2.33. The van der Waals surface area contributed by atoms with Gasteiger partial charge in [0.15, 0.2) is 0 Å². The molecule has 3 heteroatoms. The standard InChI is InChI=1S/C13H20N2O/c1-2-13(16)10-15(12-3-4-12)9-11-5-7-14-8-6-11/h5-8,12-13,16H,2-4,9-10H2,1H3/t13-/m1/s1. The first kappa shape index (κ1) is 11.6. The highest BCUT2D eigenvalue weighted by Crippen LogP contribution is 2.28. The van der Waals surface area contributed by atoms with Gasteiger partial charge in [0, 0.05) is 31.5 Å². The Hall–Kier alpha value is -0.930. The quantitative estimate of drug-likeness (QED) is 0.794. The normalized spacial score (nSPS) is 17.7. The predicted molar refractivity (Wildman–Crippen MR) is 64.0 cm³/mol. The van der Waals surface area contributed by atoms with E-state index in [4.69, 9.17) is 0 Å². The number of hydrogen-bond donors (Lipinski definition) is 1. The summed E-state index contributed by atoms with van der Waals surface area (Å²) in [5.74, 6) is 0. The van der Waals surface area contributed by atoms with Crippen LogP contribution < -0.4 is 0 Å². The molecule has 0 unspecified atom stereocenters. The van der Waals surface area contributed by atoms with Gasteiger partial charge in [0.1, 0.15) is 0 Å². The smallest absolute Gasteiger partial charge is 0.0664 e. The van der Waals surface area contributed by atoms with Crippen molar-refractivity contribution in [3.05, 3.63) is 30.1 Å². The van der Waals surface area contributed by atoms with Crippen LogP contribution in [-0.4, -0.2) is 33.7 Å². The zero-order chi connectivity index (χ0) is 11.4. The molecule has 88 valence electrons. The third-order valence-electron chi connectivity index (χ3n) is 3.11. The van der Waals surface area contributed by atoms with Crippen LogP contribution in [0.4, 0.5) is 0 Å². The van der Waals surface area contributed by atoms with Crippen LogP contribution in [0.5, 0.6) is 0 Å². The first-order chi connectivity index (χ1) is 7.79. The van der Waals surface area contributed by atoms with Crippen LogP contribution in [-0.2, 0) is 6.54 Å². The van der Waals surface area contributed by atoms with Crippen molar-refractivity contribution in [1.82, 2.24) is 9.88 Å². The van der Waals surface area contributed by atoms with Gasteiger partial charge in [-0.25, -0.2) is 0 Å². The molecule has 0 spiro atoms. The van der Waals surface area contributed by atoms with Gasteiger partial charge < -0.3 is 5.11 Å². The minimum Gasteiger partial charge on any atom is -0.392 e. The number of pyridine rings is 1. The van der Waals surface area contributed by atoms with E-state index >= 15 is 0 Å². The van der Waals surface area contributed by atoms with Gasteiger partial charge >= 0.3 is 0 Å². The molecule has 0 aromatic carbocycles. The molecular weight excluding hydrogens is 200 g/mol. The number of hydrogen-bond acceptors (Lipinski definition) is 3. The molecule has 0 amide bonds. The monoisotopic (exact) mass is 220 g/mol. The Morgan fingerprint density at radius 1 is 1.44 bits per heavy atom. The maximum atomic E-state index is 9.73. The van der Waals surface area contributed by atoms with Gasteiger partial charge in [-0.05, 0) is 37.0 Å². The zero-order valence-corrected chi connectivity index (χ0v) is 9.84. The van der Waals surface area contributed by atoms with Crippen LogP contribution in [0.2, 0.25) is 0 Å². The average molecular weight is 220 g/mol. The highest BCUT2D eigenvalue weighted by molar-refractivity contribution is 5.10. The summed E-state index contributed by atoms with van der Waals surface area (Å²) in [6.07, 6.45) is 6.86. The number of rotatable bonds is 6. The maximum absolute atomic E-state index is 9.73. The lowest BCUT2D eigenvalue weighted by atomic mass is 10.2. The first-order valence-electron chi connectivity index (χ1n) is 6.10. The van der Waals surface area contributed by atoms with Crippen molar-refractivity contribution in [2.45, 2.75) is 44.9 Å². The molecule has 2 rings (SSSR count). The highest BCUT2D eigenvalue weighted by atomic mass is 16.3. The summed E-state index contributed by atoms with van der Waals surface area (Å²) in [6.45, 7) is 3.76. The van der Waals surface area contributed by atoms with Crippen LogP contribution in [0.1, 0.15) is 31.7 Å². The lowest BCUT2D eigenvalue weighted by Gasteiger charge is -2.24. The minimum atomic E-state index is -0.192. The van der Waals surface area contributed by atoms with Gasteiger partial charge in [-0.2, -0.15) is 0 Å². The van der Waals surface area contributed by atoms with Crippen molar-refractivity contribution in [2.24, 2.45) is 0 Å². The first-order valence-corrected chi connectivity index (χ1v) is 6.10. The van der Waals surface area contributed by atoms with Crippen LogP contribution in [0.15, 0.2) is 24.5 Å². The topological polar surface area (TPSA) is 36.4 Å².